The topological polar surface area (TPSA) is 97.4 Å². The smallest absolute Gasteiger partial charge is 0.410 e. The predicted molar refractivity (Wildman–Crippen MR) is 216 cm³/mol. The molecule has 0 atom stereocenters. The molecule has 0 unspecified atom stereocenters. The summed E-state index contributed by atoms with van der Waals surface area (Å²) in [6.07, 6.45) is 14.6. The minimum absolute atomic E-state index is 0.227. The van der Waals surface area contributed by atoms with Gasteiger partial charge in [0.25, 0.3) is 0 Å². The second-order valence-electron chi connectivity index (χ2n) is 14.0. The maximum absolute atomic E-state index is 13.1. The Balaban J connectivity index is 1.33. The maximum atomic E-state index is 13.1. The van der Waals surface area contributed by atoms with E-state index in [-0.39, 0.29) is 25.4 Å². The van der Waals surface area contributed by atoms with Gasteiger partial charge < -0.3 is 29.3 Å². The number of carbonyl (C=O) groups excluding carboxylic acids is 3. The van der Waals surface area contributed by atoms with Crippen LogP contribution in [0.2, 0.25) is 0 Å². The van der Waals surface area contributed by atoms with Crippen LogP contribution in [0.5, 0.6) is 0 Å². The van der Waals surface area contributed by atoms with E-state index >= 15 is 0 Å². The molecule has 0 saturated heterocycles. The van der Waals surface area contributed by atoms with Crippen LogP contribution in [0.1, 0.15) is 120 Å². The number of hydrogen-bond acceptors (Lipinski definition) is 6. The number of rotatable bonds is 28. The van der Waals surface area contributed by atoms with Crippen molar-refractivity contribution in [3.05, 3.63) is 108 Å². The summed E-state index contributed by atoms with van der Waals surface area (Å²) in [5.74, 6) is 0. The number of benzene rings is 3. The zero-order valence-electron chi connectivity index (χ0n) is 32.8. The fourth-order valence-electron chi connectivity index (χ4n) is 6.17. The molecule has 1 N–H and O–H groups in total. The van der Waals surface area contributed by atoms with Crippen LogP contribution in [0.15, 0.2) is 91.0 Å². The average molecular weight is 744 g/mol. The molecule has 54 heavy (non-hydrogen) atoms. The second-order valence-corrected chi connectivity index (χ2v) is 14.0. The van der Waals surface area contributed by atoms with Gasteiger partial charge in [-0.2, -0.15) is 0 Å². The normalized spacial score (nSPS) is 10.8. The van der Waals surface area contributed by atoms with Crippen LogP contribution < -0.4 is 5.32 Å². The summed E-state index contributed by atoms with van der Waals surface area (Å²) in [6.45, 7) is 6.38. The van der Waals surface area contributed by atoms with E-state index in [4.69, 9.17) is 14.2 Å². The highest BCUT2D eigenvalue weighted by Gasteiger charge is 2.16. The standard InChI is InChI=1S/C45H65N3O6/c1-2-3-4-8-22-33-47(44(50)53-38-41-28-17-13-18-29-41)35-24-10-6-11-25-36-48(45(51)54-39-42-30-19-14-20-31-42)34-23-9-5-7-21-32-46-43(49)52-37-40-26-15-12-16-27-40/h12-20,26-31H,2-11,21-25,32-39H2,1H3,(H,46,49). The first-order valence-corrected chi connectivity index (χ1v) is 20.4. The molecule has 0 spiro atoms. The molecule has 296 valence electrons. The molecule has 0 aliphatic rings. The fraction of sp³-hybridized carbons (Fsp3) is 0.533. The van der Waals surface area contributed by atoms with E-state index in [0.29, 0.717) is 32.8 Å². The number of nitrogens with zero attached hydrogens (tertiary/aromatic N) is 2. The highest BCUT2D eigenvalue weighted by molar-refractivity contribution is 5.68. The van der Waals surface area contributed by atoms with Crippen LogP contribution in [0.25, 0.3) is 0 Å². The summed E-state index contributed by atoms with van der Waals surface area (Å²) < 4.78 is 16.6. The molecule has 9 nitrogen and oxygen atoms in total. The summed E-state index contributed by atoms with van der Waals surface area (Å²) >= 11 is 0. The third-order valence-corrected chi connectivity index (χ3v) is 9.40. The average Bonchev–Trinajstić information content (AvgIpc) is 3.21. The molecule has 0 heterocycles. The van der Waals surface area contributed by atoms with Gasteiger partial charge in [0.15, 0.2) is 0 Å². The lowest BCUT2D eigenvalue weighted by molar-refractivity contribution is 0.0946. The van der Waals surface area contributed by atoms with Crippen LogP contribution in [-0.4, -0.2) is 60.8 Å². The lowest BCUT2D eigenvalue weighted by Gasteiger charge is -2.23. The summed E-state index contributed by atoms with van der Waals surface area (Å²) in [5.41, 5.74) is 2.93. The van der Waals surface area contributed by atoms with Gasteiger partial charge in [-0.25, -0.2) is 14.4 Å². The van der Waals surface area contributed by atoms with E-state index in [2.05, 4.69) is 12.2 Å². The molecule has 0 aliphatic heterocycles. The van der Waals surface area contributed by atoms with E-state index in [1.807, 2.05) is 101 Å². The zero-order valence-corrected chi connectivity index (χ0v) is 32.8. The molecule has 0 aromatic heterocycles. The van der Waals surface area contributed by atoms with Gasteiger partial charge in [-0.1, -0.05) is 162 Å². The number of amides is 3. The highest BCUT2D eigenvalue weighted by Crippen LogP contribution is 2.13. The minimum Gasteiger partial charge on any atom is -0.445 e. The van der Waals surface area contributed by atoms with Crippen LogP contribution in [0.4, 0.5) is 14.4 Å². The van der Waals surface area contributed by atoms with E-state index in [1.54, 1.807) is 0 Å². The van der Waals surface area contributed by atoms with Crippen molar-refractivity contribution in [2.75, 3.05) is 32.7 Å². The van der Waals surface area contributed by atoms with Crippen LogP contribution in [0, 0.1) is 0 Å². The molecule has 0 radical (unpaired) electrons. The molecule has 0 fully saturated rings. The third-order valence-electron chi connectivity index (χ3n) is 9.40. The molecule has 0 saturated carbocycles. The Kier molecular flexibility index (Phi) is 23.5. The molecule has 3 amide bonds. The molecule has 3 rings (SSSR count). The Morgan fingerprint density at radius 1 is 0.444 bits per heavy atom. The Morgan fingerprint density at radius 2 is 0.778 bits per heavy atom. The summed E-state index contributed by atoms with van der Waals surface area (Å²) in [6, 6.07) is 29.3. The number of nitrogens with one attached hydrogen (secondary N) is 1. The summed E-state index contributed by atoms with van der Waals surface area (Å²) in [4.78, 5) is 41.8. The van der Waals surface area contributed by atoms with E-state index < -0.39 is 6.09 Å². The Labute approximate surface area is 324 Å². The van der Waals surface area contributed by atoms with Gasteiger partial charge in [0, 0.05) is 32.7 Å². The third kappa shape index (κ3) is 20.6. The van der Waals surface area contributed by atoms with Gasteiger partial charge in [-0.05, 0) is 48.8 Å². The maximum Gasteiger partial charge on any atom is 0.410 e. The highest BCUT2D eigenvalue weighted by atomic mass is 16.6. The van der Waals surface area contributed by atoms with Gasteiger partial charge in [0.05, 0.1) is 0 Å². The van der Waals surface area contributed by atoms with Gasteiger partial charge in [0.1, 0.15) is 19.8 Å². The van der Waals surface area contributed by atoms with Crippen LogP contribution >= 0.6 is 0 Å². The molecule has 3 aromatic rings. The van der Waals surface area contributed by atoms with E-state index in [1.165, 1.54) is 19.3 Å². The molecular formula is C45H65N3O6. The number of unbranched alkanes of at least 4 members (excludes halogenated alkanes) is 12. The predicted octanol–water partition coefficient (Wildman–Crippen LogP) is 11.1. The monoisotopic (exact) mass is 743 g/mol. The van der Waals surface area contributed by atoms with Crippen molar-refractivity contribution < 1.29 is 28.6 Å². The van der Waals surface area contributed by atoms with Crippen molar-refractivity contribution in [3.63, 3.8) is 0 Å². The van der Waals surface area contributed by atoms with Crippen molar-refractivity contribution in [2.24, 2.45) is 0 Å². The van der Waals surface area contributed by atoms with Crippen molar-refractivity contribution >= 4 is 18.3 Å². The van der Waals surface area contributed by atoms with Crippen molar-refractivity contribution in [1.29, 1.82) is 0 Å². The lowest BCUT2D eigenvalue weighted by Crippen LogP contribution is -2.33. The van der Waals surface area contributed by atoms with Crippen LogP contribution in [0.3, 0.4) is 0 Å². The largest absolute Gasteiger partial charge is 0.445 e. The summed E-state index contributed by atoms with van der Waals surface area (Å²) in [5, 5.41) is 2.83. The Morgan fingerprint density at radius 3 is 1.17 bits per heavy atom. The summed E-state index contributed by atoms with van der Waals surface area (Å²) in [7, 11) is 0. The zero-order chi connectivity index (χ0) is 38.3. The van der Waals surface area contributed by atoms with Gasteiger partial charge in [-0.15, -0.1) is 0 Å². The van der Waals surface area contributed by atoms with Gasteiger partial charge in [-0.3, -0.25) is 0 Å². The SMILES string of the molecule is CCCCCCCN(CCCCCCCN(CCCCCCCNC(=O)OCc1ccccc1)C(=O)OCc1ccccc1)C(=O)OCc1ccccc1. The van der Waals surface area contributed by atoms with Crippen LogP contribution in [-0.2, 0) is 34.0 Å². The second kappa shape index (κ2) is 28.9. The Hall–Kier alpha value is -4.53. The van der Waals surface area contributed by atoms with Gasteiger partial charge in [0.2, 0.25) is 0 Å². The molecule has 0 bridgehead atoms. The van der Waals surface area contributed by atoms with Crippen molar-refractivity contribution in [2.45, 2.75) is 123 Å². The molecular weight excluding hydrogens is 679 g/mol. The minimum atomic E-state index is -0.391. The lowest BCUT2D eigenvalue weighted by atomic mass is 10.1. The first-order valence-electron chi connectivity index (χ1n) is 20.4. The Bertz CT molecular complexity index is 1390. The number of ether oxygens (including phenoxy) is 3. The quantitative estimate of drug-likeness (QED) is 0.0587. The molecule has 0 aliphatic carbocycles. The van der Waals surface area contributed by atoms with E-state index in [9.17, 15) is 14.4 Å². The van der Waals surface area contributed by atoms with Crippen molar-refractivity contribution in [3.8, 4) is 0 Å². The fourth-order valence-corrected chi connectivity index (χ4v) is 6.17. The number of hydrogen-bond donors (Lipinski definition) is 1. The van der Waals surface area contributed by atoms with Crippen molar-refractivity contribution in [1.82, 2.24) is 15.1 Å². The first kappa shape index (κ1) is 43.9. The first-order chi connectivity index (χ1) is 26.5. The van der Waals surface area contributed by atoms with Gasteiger partial charge >= 0.3 is 18.3 Å². The number of carbonyl (C=O) groups is 3. The van der Waals surface area contributed by atoms with E-state index in [0.717, 1.165) is 100 Å². The molecule has 3 aromatic carbocycles. The molecule has 9 heteroatoms. The number of alkyl carbamates (subject to hydrolysis) is 1.